The van der Waals surface area contributed by atoms with Crippen molar-refractivity contribution in [3.63, 3.8) is 0 Å². The lowest BCUT2D eigenvalue weighted by Gasteiger charge is -2.37. The number of methoxy groups -OCH3 is 2. The molecule has 1 aromatic rings. The number of piperidine rings is 1. The quantitative estimate of drug-likeness (QED) is 0.808. The van der Waals surface area contributed by atoms with Crippen molar-refractivity contribution >= 4 is 21.9 Å². The van der Waals surface area contributed by atoms with Crippen molar-refractivity contribution in [3.05, 3.63) is 22.2 Å². The van der Waals surface area contributed by atoms with Gasteiger partial charge in [0.1, 0.15) is 0 Å². The number of likely N-dealkylation sites (tertiary alicyclic amines) is 1. The predicted octanol–water partition coefficient (Wildman–Crippen LogP) is 3.71. The summed E-state index contributed by atoms with van der Waals surface area (Å²) in [6.07, 6.45) is 2.58. The number of aliphatic carboxylic acids is 1. The summed E-state index contributed by atoms with van der Waals surface area (Å²) in [7, 11) is 3.24. The summed E-state index contributed by atoms with van der Waals surface area (Å²) in [5, 5.41) is 9.31. The third-order valence-corrected chi connectivity index (χ3v) is 5.18. The summed E-state index contributed by atoms with van der Waals surface area (Å²) in [4.78, 5) is 13.6. The molecule has 1 aliphatic heterocycles. The molecule has 1 aliphatic rings. The number of carboxylic acids is 1. The van der Waals surface area contributed by atoms with E-state index in [0.29, 0.717) is 18.0 Å². The zero-order valence-corrected chi connectivity index (χ0v) is 15.4. The topological polar surface area (TPSA) is 59.0 Å². The van der Waals surface area contributed by atoms with E-state index in [1.165, 1.54) is 0 Å². The van der Waals surface area contributed by atoms with E-state index >= 15 is 0 Å². The maximum absolute atomic E-state index is 11.3. The first-order valence-corrected chi connectivity index (χ1v) is 8.69. The fourth-order valence-electron chi connectivity index (χ4n) is 3.29. The molecular formula is C17H24BrNO4. The molecule has 2 unspecified atom stereocenters. The molecule has 0 aliphatic carbocycles. The summed E-state index contributed by atoms with van der Waals surface area (Å²) in [5.74, 6) is 0.392. The van der Waals surface area contributed by atoms with Gasteiger partial charge in [0, 0.05) is 17.1 Å². The molecule has 1 aromatic carbocycles. The first-order chi connectivity index (χ1) is 11.0. The van der Waals surface area contributed by atoms with Gasteiger partial charge in [0.25, 0.3) is 0 Å². The Morgan fingerprint density at radius 2 is 2.04 bits per heavy atom. The molecule has 0 amide bonds. The number of halogens is 1. The number of benzene rings is 1. The van der Waals surface area contributed by atoms with Crippen LogP contribution >= 0.6 is 15.9 Å². The SMILES string of the molecule is CCC(c1cc(OC)c(OC)cc1Br)N1CCCC(C(=O)O)C1. The van der Waals surface area contributed by atoms with Gasteiger partial charge in [-0.2, -0.15) is 0 Å². The second-order valence-corrected chi connectivity index (χ2v) is 6.68. The van der Waals surface area contributed by atoms with Crippen LogP contribution in [0.1, 0.15) is 37.8 Å². The highest BCUT2D eigenvalue weighted by atomic mass is 79.9. The molecule has 2 rings (SSSR count). The van der Waals surface area contributed by atoms with Crippen LogP contribution in [0, 0.1) is 5.92 Å². The van der Waals surface area contributed by atoms with E-state index in [9.17, 15) is 9.90 Å². The molecule has 0 aromatic heterocycles. The van der Waals surface area contributed by atoms with E-state index in [-0.39, 0.29) is 12.0 Å². The molecule has 0 spiro atoms. The molecule has 23 heavy (non-hydrogen) atoms. The normalized spacial score (nSPS) is 20.1. The Kier molecular flexibility index (Phi) is 6.30. The van der Waals surface area contributed by atoms with Gasteiger partial charge in [-0.1, -0.05) is 22.9 Å². The van der Waals surface area contributed by atoms with Crippen LogP contribution in [-0.4, -0.2) is 43.3 Å². The molecule has 1 saturated heterocycles. The number of rotatable bonds is 6. The fourth-order valence-corrected chi connectivity index (χ4v) is 3.88. The number of ether oxygens (including phenoxy) is 2. The smallest absolute Gasteiger partial charge is 0.307 e. The summed E-state index contributed by atoms with van der Waals surface area (Å²) in [6.45, 7) is 3.63. The average Bonchev–Trinajstić information content (AvgIpc) is 2.56. The Morgan fingerprint density at radius 1 is 1.39 bits per heavy atom. The van der Waals surface area contributed by atoms with Gasteiger partial charge in [0.15, 0.2) is 11.5 Å². The minimum atomic E-state index is -0.698. The second-order valence-electron chi connectivity index (χ2n) is 5.83. The zero-order chi connectivity index (χ0) is 17.0. The highest BCUT2D eigenvalue weighted by Crippen LogP contribution is 2.40. The van der Waals surface area contributed by atoms with E-state index in [0.717, 1.165) is 35.8 Å². The van der Waals surface area contributed by atoms with Gasteiger partial charge in [-0.15, -0.1) is 0 Å². The standard InChI is InChI=1S/C17H24BrNO4/c1-4-14(19-7-5-6-11(10-19)17(20)21)12-8-15(22-2)16(23-3)9-13(12)18/h8-9,11,14H,4-7,10H2,1-3H3,(H,20,21). The molecule has 1 N–H and O–H groups in total. The van der Waals surface area contributed by atoms with Crippen molar-refractivity contribution in [1.29, 1.82) is 0 Å². The highest BCUT2D eigenvalue weighted by molar-refractivity contribution is 9.10. The van der Waals surface area contributed by atoms with Gasteiger partial charge in [0.05, 0.1) is 20.1 Å². The van der Waals surface area contributed by atoms with Crippen molar-refractivity contribution in [2.75, 3.05) is 27.3 Å². The lowest BCUT2D eigenvalue weighted by Crippen LogP contribution is -2.40. The van der Waals surface area contributed by atoms with E-state index in [2.05, 4.69) is 27.8 Å². The van der Waals surface area contributed by atoms with Crippen molar-refractivity contribution in [3.8, 4) is 11.5 Å². The minimum absolute atomic E-state index is 0.159. The van der Waals surface area contributed by atoms with Gasteiger partial charge in [-0.3, -0.25) is 9.69 Å². The van der Waals surface area contributed by atoms with Crippen molar-refractivity contribution in [2.45, 2.75) is 32.2 Å². The molecular weight excluding hydrogens is 362 g/mol. The molecule has 128 valence electrons. The first kappa shape index (κ1) is 18.1. The maximum atomic E-state index is 11.3. The number of carbonyl (C=O) groups is 1. The minimum Gasteiger partial charge on any atom is -0.493 e. The van der Waals surface area contributed by atoms with Crippen LogP contribution < -0.4 is 9.47 Å². The Hall–Kier alpha value is -1.27. The predicted molar refractivity (Wildman–Crippen MR) is 92.2 cm³/mol. The van der Waals surface area contributed by atoms with E-state index < -0.39 is 5.97 Å². The largest absolute Gasteiger partial charge is 0.493 e. The third kappa shape index (κ3) is 3.98. The van der Waals surface area contributed by atoms with Crippen molar-refractivity contribution in [1.82, 2.24) is 4.90 Å². The molecule has 0 radical (unpaired) electrons. The summed E-state index contributed by atoms with van der Waals surface area (Å²) in [6, 6.07) is 4.06. The Morgan fingerprint density at radius 3 is 2.61 bits per heavy atom. The maximum Gasteiger partial charge on any atom is 0.307 e. The number of hydrogen-bond donors (Lipinski definition) is 1. The van der Waals surface area contributed by atoms with Gasteiger partial charge in [-0.25, -0.2) is 0 Å². The zero-order valence-electron chi connectivity index (χ0n) is 13.8. The van der Waals surface area contributed by atoms with E-state index in [1.807, 2.05) is 12.1 Å². The summed E-state index contributed by atoms with van der Waals surface area (Å²) < 4.78 is 11.7. The molecule has 6 heteroatoms. The molecule has 2 atom stereocenters. The van der Waals surface area contributed by atoms with E-state index in [4.69, 9.17) is 9.47 Å². The van der Waals surface area contributed by atoms with Gasteiger partial charge >= 0.3 is 5.97 Å². The Balaban J connectivity index is 2.31. The number of hydrogen-bond acceptors (Lipinski definition) is 4. The molecule has 5 nitrogen and oxygen atoms in total. The average molecular weight is 386 g/mol. The van der Waals surface area contributed by atoms with Crippen LogP contribution in [0.3, 0.4) is 0 Å². The third-order valence-electron chi connectivity index (χ3n) is 4.49. The lowest BCUT2D eigenvalue weighted by atomic mass is 9.93. The van der Waals surface area contributed by atoms with Crippen molar-refractivity contribution < 1.29 is 19.4 Å². The first-order valence-electron chi connectivity index (χ1n) is 7.90. The summed E-state index contributed by atoms with van der Waals surface area (Å²) in [5.41, 5.74) is 1.11. The number of carboxylic acid groups (broad SMARTS) is 1. The van der Waals surface area contributed by atoms with Crippen LogP contribution in [0.25, 0.3) is 0 Å². The fraction of sp³-hybridized carbons (Fsp3) is 0.588. The molecule has 1 heterocycles. The van der Waals surface area contributed by atoms with Crippen LogP contribution in [-0.2, 0) is 4.79 Å². The summed E-state index contributed by atoms with van der Waals surface area (Å²) >= 11 is 3.62. The molecule has 1 fully saturated rings. The Bertz CT molecular complexity index is 564. The number of nitrogens with zero attached hydrogens (tertiary/aromatic N) is 1. The highest BCUT2D eigenvalue weighted by Gasteiger charge is 2.30. The van der Waals surface area contributed by atoms with Gasteiger partial charge in [-0.05, 0) is 43.5 Å². The van der Waals surface area contributed by atoms with Crippen molar-refractivity contribution in [2.24, 2.45) is 5.92 Å². The van der Waals surface area contributed by atoms with Crippen LogP contribution in [0.4, 0.5) is 0 Å². The molecule has 0 saturated carbocycles. The second kappa shape index (κ2) is 8.02. The van der Waals surface area contributed by atoms with Crippen LogP contribution in [0.5, 0.6) is 11.5 Å². The van der Waals surface area contributed by atoms with E-state index in [1.54, 1.807) is 14.2 Å². The monoisotopic (exact) mass is 385 g/mol. The van der Waals surface area contributed by atoms with Gasteiger partial charge < -0.3 is 14.6 Å². The Labute approximate surface area is 145 Å². The van der Waals surface area contributed by atoms with Crippen LogP contribution in [0.2, 0.25) is 0 Å². The lowest BCUT2D eigenvalue weighted by molar-refractivity contribution is -0.144. The molecule has 0 bridgehead atoms. The van der Waals surface area contributed by atoms with Crippen LogP contribution in [0.15, 0.2) is 16.6 Å². The van der Waals surface area contributed by atoms with Gasteiger partial charge in [0.2, 0.25) is 0 Å².